The number of benzene rings is 2. The molecule has 118 valence electrons. The minimum atomic E-state index is -1.07. The van der Waals surface area contributed by atoms with Crippen molar-refractivity contribution in [1.82, 2.24) is 5.06 Å². The van der Waals surface area contributed by atoms with E-state index in [9.17, 15) is 15.3 Å². The number of hydrogen-bond donors (Lipinski definition) is 1. The van der Waals surface area contributed by atoms with Crippen LogP contribution in [-0.2, 0) is 9.53 Å². The molecule has 2 atom stereocenters. The summed E-state index contributed by atoms with van der Waals surface area (Å²) in [4.78, 5) is 12.3. The molecule has 0 aliphatic rings. The normalized spacial score (nSPS) is 13.1. The molecule has 0 amide bonds. The molecule has 0 saturated heterocycles. The molecular weight excluding hydrogens is 292 g/mol. The second kappa shape index (κ2) is 8.08. The van der Waals surface area contributed by atoms with Gasteiger partial charge in [-0.2, -0.15) is 10.3 Å². The number of hydrogen-bond acceptors (Lipinski definition) is 5. The molecular formula is C18H18N2O3. The third-order valence-corrected chi connectivity index (χ3v) is 3.39. The number of hydroxylamine groups is 2. The molecule has 0 aliphatic carbocycles. The Kier molecular flexibility index (Phi) is 5.87. The van der Waals surface area contributed by atoms with Crippen LogP contribution in [0.1, 0.15) is 30.1 Å². The summed E-state index contributed by atoms with van der Waals surface area (Å²) in [6, 6.07) is 17.6. The first-order valence-electron chi connectivity index (χ1n) is 7.32. The Balaban J connectivity index is 2.38. The summed E-state index contributed by atoms with van der Waals surface area (Å²) >= 11 is 0. The monoisotopic (exact) mass is 310 g/mol. The largest absolute Gasteiger partial charge is 0.464 e. The van der Waals surface area contributed by atoms with Gasteiger partial charge in [0.2, 0.25) is 0 Å². The second-order valence-corrected chi connectivity index (χ2v) is 4.89. The molecule has 2 aromatic carbocycles. The topological polar surface area (TPSA) is 73.6 Å². The van der Waals surface area contributed by atoms with E-state index in [1.54, 1.807) is 55.5 Å². The molecule has 0 aromatic heterocycles. The third kappa shape index (κ3) is 3.95. The van der Waals surface area contributed by atoms with Crippen molar-refractivity contribution in [2.75, 3.05) is 6.61 Å². The Hall–Kier alpha value is -2.68. The lowest BCUT2D eigenvalue weighted by Gasteiger charge is -2.28. The number of esters is 1. The lowest BCUT2D eigenvalue weighted by atomic mass is 10.0. The fourth-order valence-corrected chi connectivity index (χ4v) is 2.32. The second-order valence-electron chi connectivity index (χ2n) is 4.89. The average molecular weight is 310 g/mol. The van der Waals surface area contributed by atoms with Gasteiger partial charge in [-0.3, -0.25) is 0 Å². The highest BCUT2D eigenvalue weighted by Crippen LogP contribution is 2.29. The van der Waals surface area contributed by atoms with Gasteiger partial charge in [-0.15, -0.1) is 0 Å². The first-order valence-corrected chi connectivity index (χ1v) is 7.32. The lowest BCUT2D eigenvalue weighted by Crippen LogP contribution is -2.35. The molecule has 0 heterocycles. The number of nitriles is 1. The maximum Gasteiger partial charge on any atom is 0.330 e. The molecule has 2 aromatic rings. The summed E-state index contributed by atoms with van der Waals surface area (Å²) < 4.78 is 5.06. The van der Waals surface area contributed by atoms with Crippen LogP contribution in [0.2, 0.25) is 0 Å². The third-order valence-electron chi connectivity index (χ3n) is 3.39. The molecule has 2 rings (SSSR count). The Morgan fingerprint density at radius 2 is 1.65 bits per heavy atom. The van der Waals surface area contributed by atoms with Gasteiger partial charge in [0.1, 0.15) is 6.04 Å². The highest BCUT2D eigenvalue weighted by Gasteiger charge is 2.34. The van der Waals surface area contributed by atoms with Crippen LogP contribution < -0.4 is 0 Å². The summed E-state index contributed by atoms with van der Waals surface area (Å²) in [5.74, 6) is -0.600. The van der Waals surface area contributed by atoms with Crippen LogP contribution in [0, 0.1) is 11.3 Å². The SMILES string of the molecule is CCOC(=O)C(c1ccccc1)N(O)C(C#N)c1ccccc1. The maximum atomic E-state index is 12.3. The molecule has 0 aliphatic heterocycles. The Morgan fingerprint density at radius 3 is 2.13 bits per heavy atom. The van der Waals surface area contributed by atoms with Crippen LogP contribution in [0.15, 0.2) is 60.7 Å². The van der Waals surface area contributed by atoms with Crippen molar-refractivity contribution >= 4 is 5.97 Å². The predicted octanol–water partition coefficient (Wildman–Crippen LogP) is 3.25. The Labute approximate surface area is 135 Å². The fourth-order valence-electron chi connectivity index (χ4n) is 2.32. The van der Waals surface area contributed by atoms with E-state index >= 15 is 0 Å². The van der Waals surface area contributed by atoms with Crippen molar-refractivity contribution in [1.29, 1.82) is 5.26 Å². The van der Waals surface area contributed by atoms with Gasteiger partial charge < -0.3 is 9.94 Å². The van der Waals surface area contributed by atoms with E-state index < -0.39 is 18.1 Å². The van der Waals surface area contributed by atoms with E-state index in [1.165, 1.54) is 0 Å². The van der Waals surface area contributed by atoms with Crippen LogP contribution in [0.25, 0.3) is 0 Å². The standard InChI is InChI=1S/C18H18N2O3/c1-2-23-18(21)17(15-11-7-4-8-12-15)20(22)16(13-19)14-9-5-3-6-10-14/h3-12,16-17,22H,2H2,1H3. The van der Waals surface area contributed by atoms with Crippen molar-refractivity contribution in [2.45, 2.75) is 19.0 Å². The predicted molar refractivity (Wildman–Crippen MR) is 84.2 cm³/mol. The summed E-state index contributed by atoms with van der Waals surface area (Å²) in [5, 5.41) is 20.8. The van der Waals surface area contributed by atoms with Gasteiger partial charge in [0.25, 0.3) is 0 Å². The molecule has 5 nitrogen and oxygen atoms in total. The summed E-state index contributed by atoms with van der Waals surface area (Å²) in [6.45, 7) is 1.89. The maximum absolute atomic E-state index is 12.3. The molecule has 0 radical (unpaired) electrons. The van der Waals surface area contributed by atoms with Crippen LogP contribution in [0.3, 0.4) is 0 Å². The van der Waals surface area contributed by atoms with Gasteiger partial charge in [0.15, 0.2) is 6.04 Å². The fraction of sp³-hybridized carbons (Fsp3) is 0.222. The van der Waals surface area contributed by atoms with E-state index in [0.29, 0.717) is 11.1 Å². The van der Waals surface area contributed by atoms with Gasteiger partial charge in [-0.05, 0) is 18.1 Å². The van der Waals surface area contributed by atoms with E-state index in [1.807, 2.05) is 18.2 Å². The van der Waals surface area contributed by atoms with Gasteiger partial charge in [-0.1, -0.05) is 60.7 Å². The smallest absolute Gasteiger partial charge is 0.330 e. The zero-order valence-electron chi connectivity index (χ0n) is 12.8. The quantitative estimate of drug-likeness (QED) is 0.655. The molecule has 0 spiro atoms. The van der Waals surface area contributed by atoms with E-state index in [0.717, 1.165) is 5.06 Å². The van der Waals surface area contributed by atoms with Gasteiger partial charge in [-0.25, -0.2) is 4.79 Å². The molecule has 23 heavy (non-hydrogen) atoms. The number of nitrogens with zero attached hydrogens (tertiary/aromatic N) is 2. The van der Waals surface area contributed by atoms with Crippen LogP contribution in [0.5, 0.6) is 0 Å². The van der Waals surface area contributed by atoms with Crippen molar-refractivity contribution in [3.8, 4) is 6.07 Å². The summed E-state index contributed by atoms with van der Waals surface area (Å²) in [5.41, 5.74) is 1.16. The minimum absolute atomic E-state index is 0.193. The van der Waals surface area contributed by atoms with Crippen molar-refractivity contribution in [3.05, 3.63) is 71.8 Å². The summed E-state index contributed by atoms with van der Waals surface area (Å²) in [6.07, 6.45) is 0. The van der Waals surface area contributed by atoms with Crippen LogP contribution >= 0.6 is 0 Å². The molecule has 0 bridgehead atoms. The summed E-state index contributed by atoms with van der Waals surface area (Å²) in [7, 11) is 0. The van der Waals surface area contributed by atoms with Gasteiger partial charge in [0.05, 0.1) is 12.7 Å². The number of rotatable bonds is 6. The molecule has 5 heteroatoms. The van der Waals surface area contributed by atoms with Crippen molar-refractivity contribution in [3.63, 3.8) is 0 Å². The zero-order chi connectivity index (χ0) is 16.7. The number of carbonyl (C=O) groups is 1. The Morgan fingerprint density at radius 1 is 1.13 bits per heavy atom. The zero-order valence-corrected chi connectivity index (χ0v) is 12.8. The first kappa shape index (κ1) is 16.7. The highest BCUT2D eigenvalue weighted by molar-refractivity contribution is 5.77. The highest BCUT2D eigenvalue weighted by atomic mass is 16.6. The molecule has 0 fully saturated rings. The van der Waals surface area contributed by atoms with Crippen molar-refractivity contribution < 1.29 is 14.7 Å². The van der Waals surface area contributed by atoms with Crippen molar-refractivity contribution in [2.24, 2.45) is 0 Å². The van der Waals surface area contributed by atoms with Gasteiger partial charge in [0, 0.05) is 0 Å². The number of carbonyl (C=O) groups excluding carboxylic acids is 1. The van der Waals surface area contributed by atoms with E-state index in [4.69, 9.17) is 4.74 Å². The molecule has 0 saturated carbocycles. The molecule has 2 unspecified atom stereocenters. The average Bonchev–Trinajstić information content (AvgIpc) is 2.58. The minimum Gasteiger partial charge on any atom is -0.464 e. The lowest BCUT2D eigenvalue weighted by molar-refractivity contribution is -0.184. The van der Waals surface area contributed by atoms with E-state index in [2.05, 4.69) is 0 Å². The first-order chi connectivity index (χ1) is 11.2. The number of ether oxygens (including phenoxy) is 1. The van der Waals surface area contributed by atoms with Gasteiger partial charge >= 0.3 is 5.97 Å². The van der Waals surface area contributed by atoms with Crippen LogP contribution in [-0.4, -0.2) is 22.8 Å². The Bertz CT molecular complexity index is 668. The van der Waals surface area contributed by atoms with Crippen LogP contribution in [0.4, 0.5) is 0 Å². The van der Waals surface area contributed by atoms with E-state index in [-0.39, 0.29) is 6.61 Å². The molecule has 1 N–H and O–H groups in total.